The predicted molar refractivity (Wildman–Crippen MR) is 126 cm³/mol. The van der Waals surface area contributed by atoms with Gasteiger partial charge in [0.25, 0.3) is 5.92 Å². The van der Waals surface area contributed by atoms with Gasteiger partial charge in [-0.3, -0.25) is 9.79 Å². The lowest BCUT2D eigenvalue weighted by atomic mass is 10.1. The molecule has 3 nitrogen and oxygen atoms in total. The normalized spacial score (nSPS) is 11.6. The highest BCUT2D eigenvalue weighted by Gasteiger charge is 2.24. The molecule has 7 heteroatoms. The predicted octanol–water partition coefficient (Wildman–Crippen LogP) is 6.61. The molecule has 0 saturated carbocycles. The molecule has 0 aliphatic carbocycles. The van der Waals surface area contributed by atoms with Gasteiger partial charge in [0.05, 0.1) is 10.6 Å². The van der Waals surface area contributed by atoms with Gasteiger partial charge >= 0.3 is 0 Å². The number of rotatable bonds is 7. The molecule has 0 bridgehead atoms. The van der Waals surface area contributed by atoms with Gasteiger partial charge < -0.3 is 5.32 Å². The number of alkyl halides is 2. The summed E-state index contributed by atoms with van der Waals surface area (Å²) in [4.78, 5) is 16.0. The van der Waals surface area contributed by atoms with Crippen molar-refractivity contribution in [1.82, 2.24) is 5.32 Å². The van der Waals surface area contributed by atoms with E-state index in [-0.39, 0.29) is 11.4 Å². The smallest absolute Gasteiger partial charge is 0.266 e. The Bertz CT molecular complexity index is 822. The topological polar surface area (TPSA) is 41.5 Å². The molecule has 0 unspecified atom stereocenters. The second-order valence-corrected chi connectivity index (χ2v) is 8.18. The van der Waals surface area contributed by atoms with Gasteiger partial charge in [-0.05, 0) is 61.7 Å². The van der Waals surface area contributed by atoms with E-state index in [9.17, 15) is 18.0 Å². The number of nitrogens with one attached hydrogen (secondary N) is 1. The minimum atomic E-state index is -2.79. The fourth-order valence-electron chi connectivity index (χ4n) is 2.08. The van der Waals surface area contributed by atoms with Crippen molar-refractivity contribution in [2.45, 2.75) is 53.4 Å². The third-order valence-corrected chi connectivity index (χ3v) is 4.86. The minimum Gasteiger partial charge on any atom is -0.358 e. The third-order valence-electron chi connectivity index (χ3n) is 3.83. The monoisotopic (exact) mass is 454 g/mol. The molecule has 172 valence electrons. The van der Waals surface area contributed by atoms with Crippen molar-refractivity contribution in [2.75, 3.05) is 13.6 Å². The number of carbonyl (C=O) groups excluding carboxylic acids is 1. The molecule has 1 aromatic carbocycles. The summed E-state index contributed by atoms with van der Waals surface area (Å²) >= 11 is 1.55. The number of hydrogen-bond acceptors (Lipinski definition) is 3. The number of hydrogen-bond donors (Lipinski definition) is 1. The molecule has 0 saturated heterocycles. The van der Waals surface area contributed by atoms with Crippen molar-refractivity contribution in [1.29, 1.82) is 0 Å². The van der Waals surface area contributed by atoms with Crippen LogP contribution in [0, 0.1) is 12.7 Å². The lowest BCUT2D eigenvalue weighted by Crippen LogP contribution is -2.14. The number of nitrogens with zero attached hydrogens (tertiary/aromatic N) is 1. The average Bonchev–Trinajstić information content (AvgIpc) is 3.14. The van der Waals surface area contributed by atoms with E-state index in [1.54, 1.807) is 30.5 Å². The van der Waals surface area contributed by atoms with Crippen LogP contribution < -0.4 is 5.32 Å². The molecular weight excluding hydrogens is 421 g/mol. The Morgan fingerprint density at radius 3 is 2.16 bits per heavy atom. The summed E-state index contributed by atoms with van der Waals surface area (Å²) in [6.07, 6.45) is 4.09. The van der Waals surface area contributed by atoms with Crippen LogP contribution in [0.1, 0.15) is 49.4 Å². The number of amides is 1. The molecule has 1 heterocycles. The van der Waals surface area contributed by atoms with E-state index in [2.05, 4.69) is 24.2 Å². The van der Waals surface area contributed by atoms with Crippen LogP contribution in [0.5, 0.6) is 0 Å². The maximum Gasteiger partial charge on any atom is 0.266 e. The number of thiophene rings is 1. The largest absolute Gasteiger partial charge is 0.358 e. The fraction of sp³-hybridized carbons (Fsp3) is 0.417. The molecule has 31 heavy (non-hydrogen) atoms. The summed E-state index contributed by atoms with van der Waals surface area (Å²) in [5.41, 5.74) is 1.65. The second kappa shape index (κ2) is 15.4. The van der Waals surface area contributed by atoms with Crippen LogP contribution in [0.15, 0.2) is 53.0 Å². The van der Waals surface area contributed by atoms with Crippen molar-refractivity contribution in [3.63, 3.8) is 0 Å². The fourth-order valence-corrected chi connectivity index (χ4v) is 2.95. The van der Waals surface area contributed by atoms with Gasteiger partial charge in [0, 0.05) is 25.4 Å². The van der Waals surface area contributed by atoms with Gasteiger partial charge in [-0.25, -0.2) is 13.2 Å². The van der Waals surface area contributed by atoms with E-state index in [1.165, 1.54) is 31.6 Å². The average molecular weight is 455 g/mol. The lowest BCUT2D eigenvalue weighted by molar-refractivity contribution is -0.109. The van der Waals surface area contributed by atoms with E-state index in [0.717, 1.165) is 28.7 Å². The van der Waals surface area contributed by atoms with E-state index >= 15 is 0 Å². The van der Waals surface area contributed by atoms with Crippen LogP contribution in [0.3, 0.4) is 0 Å². The van der Waals surface area contributed by atoms with Gasteiger partial charge in [-0.15, -0.1) is 11.3 Å². The molecule has 2 rings (SSSR count). The molecular formula is C24H33F3N2OS. The van der Waals surface area contributed by atoms with Crippen LogP contribution in [0.4, 0.5) is 13.2 Å². The first-order valence-corrected chi connectivity index (χ1v) is 10.9. The number of halogens is 3. The first kappa shape index (κ1) is 28.6. The molecule has 0 aliphatic rings. The van der Waals surface area contributed by atoms with Crippen molar-refractivity contribution in [3.8, 4) is 0 Å². The van der Waals surface area contributed by atoms with E-state index < -0.39 is 5.92 Å². The Morgan fingerprint density at radius 1 is 1.16 bits per heavy atom. The van der Waals surface area contributed by atoms with Crippen LogP contribution in [-0.2, 0) is 11.2 Å². The summed E-state index contributed by atoms with van der Waals surface area (Å²) in [6.45, 7) is 9.14. The Balaban J connectivity index is 0.000000531. The Kier molecular flexibility index (Phi) is 14.2. The zero-order chi connectivity index (χ0) is 23.9. The molecule has 1 aromatic heterocycles. The Morgan fingerprint density at radius 2 is 1.74 bits per heavy atom. The van der Waals surface area contributed by atoms with Crippen LogP contribution in [0.2, 0.25) is 0 Å². The third kappa shape index (κ3) is 12.8. The lowest BCUT2D eigenvalue weighted by Gasteiger charge is -2.10. The van der Waals surface area contributed by atoms with E-state index in [0.29, 0.717) is 18.7 Å². The molecule has 1 N–H and O–H groups in total. The van der Waals surface area contributed by atoms with Gasteiger partial charge in [0.15, 0.2) is 0 Å². The number of carbonyl (C=O) groups is 1. The van der Waals surface area contributed by atoms with Crippen LogP contribution in [0.25, 0.3) is 0 Å². The van der Waals surface area contributed by atoms with E-state index in [4.69, 9.17) is 0 Å². The number of aryl methyl sites for hydroxylation is 1. The molecule has 0 atom stereocenters. The van der Waals surface area contributed by atoms with Gasteiger partial charge in [-0.2, -0.15) is 0 Å². The molecule has 1 amide bonds. The van der Waals surface area contributed by atoms with Gasteiger partial charge in [0.2, 0.25) is 6.41 Å². The van der Waals surface area contributed by atoms with Gasteiger partial charge in [0.1, 0.15) is 5.82 Å². The Hall–Kier alpha value is -2.41. The van der Waals surface area contributed by atoms with E-state index in [1.807, 2.05) is 19.1 Å². The molecule has 0 spiro atoms. The highest BCUT2D eigenvalue weighted by Crippen LogP contribution is 2.24. The van der Waals surface area contributed by atoms with Crippen molar-refractivity contribution >= 4 is 23.5 Å². The maximum atomic E-state index is 13.0. The zero-order valence-electron chi connectivity index (χ0n) is 19.1. The molecule has 2 aromatic rings. The van der Waals surface area contributed by atoms with Gasteiger partial charge in [-0.1, -0.05) is 32.4 Å². The SMILES string of the molecule is CCC.CN=C(/C=C(\C)C(C)(F)F)c1ccc(C)s1.O=CNCCc1ccc(F)cc1. The summed E-state index contributed by atoms with van der Waals surface area (Å²) in [5, 5.41) is 2.54. The first-order chi connectivity index (χ1) is 14.6. The summed E-state index contributed by atoms with van der Waals surface area (Å²) in [6, 6.07) is 10.1. The maximum absolute atomic E-state index is 13.0. The molecule has 0 aliphatic heterocycles. The number of allylic oxidation sites excluding steroid dienone is 2. The second-order valence-electron chi connectivity index (χ2n) is 6.89. The number of aliphatic imine (C=N–C) groups is 1. The highest BCUT2D eigenvalue weighted by molar-refractivity contribution is 7.14. The first-order valence-electron chi connectivity index (χ1n) is 10.1. The quantitative estimate of drug-likeness (QED) is 0.286. The summed E-state index contributed by atoms with van der Waals surface area (Å²) in [5.74, 6) is -3.02. The highest BCUT2D eigenvalue weighted by atomic mass is 32.1. The minimum absolute atomic E-state index is 0.0270. The summed E-state index contributed by atoms with van der Waals surface area (Å²) in [7, 11) is 1.61. The van der Waals surface area contributed by atoms with Crippen LogP contribution in [-0.4, -0.2) is 31.6 Å². The van der Waals surface area contributed by atoms with Crippen molar-refractivity contribution in [3.05, 3.63) is 69.2 Å². The standard InChI is InChI=1S/C12H15F2NS.C9H10FNO.C3H8/c1-8(12(3,13)14)7-10(15-4)11-6-5-9(2)16-11;10-9-3-1-8(2-4-9)5-6-11-7-12;1-3-2/h5-7H,1-4H3;1-4,7H,5-6H2,(H,11,12);3H2,1-2H3/b8-7+,15-10?;;. The number of benzene rings is 1. The Labute approximate surface area is 188 Å². The van der Waals surface area contributed by atoms with Crippen molar-refractivity contribution in [2.24, 2.45) is 4.99 Å². The molecule has 0 radical (unpaired) electrons. The zero-order valence-corrected chi connectivity index (χ0v) is 20.0. The van der Waals surface area contributed by atoms with Crippen LogP contribution >= 0.6 is 11.3 Å². The molecule has 0 fully saturated rings. The summed E-state index contributed by atoms with van der Waals surface area (Å²) < 4.78 is 38.4. The van der Waals surface area contributed by atoms with Crippen molar-refractivity contribution < 1.29 is 18.0 Å².